The molecule has 2 heterocycles. The number of aliphatic hydroxyl groups excluding tert-OH is 1. The number of piperidine rings is 1. The quantitative estimate of drug-likeness (QED) is 0.776. The minimum absolute atomic E-state index is 0.108. The number of ether oxygens (including phenoxy) is 1. The highest BCUT2D eigenvalue weighted by Gasteiger charge is 2.42. The summed E-state index contributed by atoms with van der Waals surface area (Å²) in [6, 6.07) is 0. The van der Waals surface area contributed by atoms with Crippen LogP contribution in [0.15, 0.2) is 11.3 Å². The van der Waals surface area contributed by atoms with E-state index in [0.717, 1.165) is 50.1 Å². The first-order valence-electron chi connectivity index (χ1n) is 6.89. The molecule has 17 heavy (non-hydrogen) atoms. The van der Waals surface area contributed by atoms with E-state index in [1.54, 1.807) is 0 Å². The van der Waals surface area contributed by atoms with E-state index in [2.05, 4.69) is 26.1 Å². The highest BCUT2D eigenvalue weighted by molar-refractivity contribution is 5.20. The highest BCUT2D eigenvalue weighted by atomic mass is 16.5. The van der Waals surface area contributed by atoms with Gasteiger partial charge in [-0.2, -0.15) is 0 Å². The Morgan fingerprint density at radius 1 is 1.41 bits per heavy atom. The first-order valence-corrected chi connectivity index (χ1v) is 6.89. The van der Waals surface area contributed by atoms with E-state index in [-0.39, 0.29) is 11.7 Å². The van der Waals surface area contributed by atoms with Crippen LogP contribution < -0.4 is 5.32 Å². The van der Waals surface area contributed by atoms with E-state index in [1.165, 1.54) is 0 Å². The molecule has 3 heteroatoms. The molecule has 0 bridgehead atoms. The van der Waals surface area contributed by atoms with Crippen LogP contribution in [0.1, 0.15) is 46.5 Å². The second-order valence-corrected chi connectivity index (χ2v) is 5.65. The first kappa shape index (κ1) is 12.9. The largest absolute Gasteiger partial charge is 0.491 e. The smallest absolute Gasteiger partial charge is 0.114 e. The predicted octanol–water partition coefficient (Wildman–Crippen LogP) is 2.21. The summed E-state index contributed by atoms with van der Waals surface area (Å²) in [4.78, 5) is 0. The highest BCUT2D eigenvalue weighted by Crippen LogP contribution is 2.41. The van der Waals surface area contributed by atoms with Gasteiger partial charge in [0, 0.05) is 12.3 Å². The zero-order valence-corrected chi connectivity index (χ0v) is 11.3. The Morgan fingerprint density at radius 2 is 2.06 bits per heavy atom. The van der Waals surface area contributed by atoms with Gasteiger partial charge in [0.05, 0.1) is 6.10 Å². The summed E-state index contributed by atoms with van der Waals surface area (Å²) < 4.78 is 6.33. The Balaban J connectivity index is 2.25. The molecule has 1 spiro atoms. The Labute approximate surface area is 104 Å². The molecule has 2 rings (SSSR count). The van der Waals surface area contributed by atoms with Gasteiger partial charge in [-0.05, 0) is 37.9 Å². The third-order valence-corrected chi connectivity index (χ3v) is 4.03. The minimum Gasteiger partial charge on any atom is -0.491 e. The van der Waals surface area contributed by atoms with Gasteiger partial charge in [-0.25, -0.2) is 0 Å². The maximum atomic E-state index is 10.3. The van der Waals surface area contributed by atoms with Gasteiger partial charge >= 0.3 is 0 Å². The molecule has 0 amide bonds. The van der Waals surface area contributed by atoms with Crippen LogP contribution in [0.5, 0.6) is 0 Å². The number of rotatable bonds is 2. The molecule has 2 N–H and O–H groups in total. The summed E-state index contributed by atoms with van der Waals surface area (Å²) in [6.07, 6.45) is 3.38. The van der Waals surface area contributed by atoms with Crippen molar-refractivity contribution in [3.05, 3.63) is 11.3 Å². The van der Waals surface area contributed by atoms with Gasteiger partial charge < -0.3 is 15.2 Å². The van der Waals surface area contributed by atoms with Crippen molar-refractivity contribution in [3.8, 4) is 0 Å². The molecule has 3 nitrogen and oxygen atoms in total. The zero-order chi connectivity index (χ0) is 12.5. The fraction of sp³-hybridized carbons (Fsp3) is 0.857. The maximum absolute atomic E-state index is 10.3. The van der Waals surface area contributed by atoms with E-state index < -0.39 is 0 Å². The van der Waals surface area contributed by atoms with Crippen molar-refractivity contribution in [1.29, 1.82) is 0 Å². The lowest BCUT2D eigenvalue weighted by Gasteiger charge is -2.45. The standard InChI is InChI=1S/C14H25NO2/c1-4-11-12(16)9-14(5-7-15-8-6-14)17-13(11)10(2)3/h10,12,15-16H,4-9H2,1-3H3. The second-order valence-electron chi connectivity index (χ2n) is 5.65. The number of hydrogen-bond donors (Lipinski definition) is 2. The molecular formula is C14H25NO2. The van der Waals surface area contributed by atoms with Gasteiger partial charge in [-0.15, -0.1) is 0 Å². The summed E-state index contributed by atoms with van der Waals surface area (Å²) >= 11 is 0. The second kappa shape index (κ2) is 4.99. The molecule has 2 aliphatic heterocycles. The molecule has 1 fully saturated rings. The van der Waals surface area contributed by atoms with Gasteiger partial charge in [-0.3, -0.25) is 0 Å². The van der Waals surface area contributed by atoms with Crippen molar-refractivity contribution in [3.63, 3.8) is 0 Å². The Bertz CT molecular complexity index is 303. The summed E-state index contributed by atoms with van der Waals surface area (Å²) in [5.41, 5.74) is 1.01. The third kappa shape index (κ3) is 2.50. The van der Waals surface area contributed by atoms with E-state index >= 15 is 0 Å². The van der Waals surface area contributed by atoms with Crippen LogP contribution in [0.3, 0.4) is 0 Å². The first-order chi connectivity index (χ1) is 8.08. The van der Waals surface area contributed by atoms with Gasteiger partial charge in [0.2, 0.25) is 0 Å². The van der Waals surface area contributed by atoms with Crippen LogP contribution in [0.2, 0.25) is 0 Å². The molecule has 0 aromatic carbocycles. The summed E-state index contributed by atoms with van der Waals surface area (Å²) in [5, 5.41) is 13.7. The summed E-state index contributed by atoms with van der Waals surface area (Å²) in [5.74, 6) is 1.42. The third-order valence-electron chi connectivity index (χ3n) is 4.03. The lowest BCUT2D eigenvalue weighted by Crippen LogP contribution is -2.49. The average Bonchev–Trinajstić information content (AvgIpc) is 2.29. The van der Waals surface area contributed by atoms with Gasteiger partial charge in [0.25, 0.3) is 0 Å². The number of allylic oxidation sites excluding steroid dienone is 1. The summed E-state index contributed by atoms with van der Waals surface area (Å²) in [7, 11) is 0. The van der Waals surface area contributed by atoms with E-state index in [1.807, 2.05) is 0 Å². The van der Waals surface area contributed by atoms with Crippen molar-refractivity contribution in [2.45, 2.75) is 58.2 Å². The van der Waals surface area contributed by atoms with Crippen molar-refractivity contribution in [1.82, 2.24) is 5.32 Å². The van der Waals surface area contributed by atoms with Crippen LogP contribution in [0.4, 0.5) is 0 Å². The molecule has 2 aliphatic rings. The minimum atomic E-state index is -0.302. The van der Waals surface area contributed by atoms with Gasteiger partial charge in [0.1, 0.15) is 11.4 Å². The molecule has 0 aromatic heterocycles. The molecule has 1 unspecified atom stereocenters. The van der Waals surface area contributed by atoms with E-state index in [0.29, 0.717) is 5.92 Å². The van der Waals surface area contributed by atoms with Crippen molar-refractivity contribution < 1.29 is 9.84 Å². The lowest BCUT2D eigenvalue weighted by molar-refractivity contribution is -0.0807. The van der Waals surface area contributed by atoms with Crippen LogP contribution in [0.25, 0.3) is 0 Å². The molecule has 0 saturated carbocycles. The fourth-order valence-electron chi connectivity index (χ4n) is 3.07. The molecule has 1 saturated heterocycles. The molecule has 0 aliphatic carbocycles. The fourth-order valence-corrected chi connectivity index (χ4v) is 3.07. The zero-order valence-electron chi connectivity index (χ0n) is 11.3. The Hall–Kier alpha value is -0.540. The van der Waals surface area contributed by atoms with Gasteiger partial charge in [-0.1, -0.05) is 20.8 Å². The SMILES string of the molecule is CCC1=C(C(C)C)OC2(CCNCC2)CC1O. The van der Waals surface area contributed by atoms with Crippen LogP contribution in [0, 0.1) is 5.92 Å². The Morgan fingerprint density at radius 3 is 2.59 bits per heavy atom. The lowest BCUT2D eigenvalue weighted by atomic mass is 9.80. The maximum Gasteiger partial charge on any atom is 0.114 e. The monoisotopic (exact) mass is 239 g/mol. The number of nitrogens with one attached hydrogen (secondary N) is 1. The molecular weight excluding hydrogens is 214 g/mol. The molecule has 0 aromatic rings. The van der Waals surface area contributed by atoms with Crippen molar-refractivity contribution in [2.75, 3.05) is 13.1 Å². The van der Waals surface area contributed by atoms with Crippen LogP contribution in [-0.2, 0) is 4.74 Å². The predicted molar refractivity (Wildman–Crippen MR) is 68.7 cm³/mol. The van der Waals surface area contributed by atoms with E-state index in [9.17, 15) is 5.11 Å². The van der Waals surface area contributed by atoms with Crippen molar-refractivity contribution in [2.24, 2.45) is 5.92 Å². The average molecular weight is 239 g/mol. The van der Waals surface area contributed by atoms with Crippen molar-refractivity contribution >= 4 is 0 Å². The normalized spacial score (nSPS) is 28.6. The van der Waals surface area contributed by atoms with Crippen LogP contribution in [-0.4, -0.2) is 29.9 Å². The van der Waals surface area contributed by atoms with E-state index in [4.69, 9.17) is 4.74 Å². The number of aliphatic hydroxyl groups is 1. The molecule has 98 valence electrons. The Kier molecular flexibility index (Phi) is 3.79. The number of hydrogen-bond acceptors (Lipinski definition) is 3. The molecule has 0 radical (unpaired) electrons. The van der Waals surface area contributed by atoms with Crippen LogP contribution >= 0.6 is 0 Å². The van der Waals surface area contributed by atoms with Gasteiger partial charge in [0.15, 0.2) is 0 Å². The topological polar surface area (TPSA) is 41.5 Å². The molecule has 1 atom stereocenters. The summed E-state index contributed by atoms with van der Waals surface area (Å²) in [6.45, 7) is 8.40.